The summed E-state index contributed by atoms with van der Waals surface area (Å²) in [7, 11) is 0. The highest BCUT2D eigenvalue weighted by Gasteiger charge is 1.99. The van der Waals surface area contributed by atoms with Crippen molar-refractivity contribution in [1.82, 2.24) is 4.98 Å². The van der Waals surface area contributed by atoms with Gasteiger partial charge < -0.3 is 4.74 Å². The van der Waals surface area contributed by atoms with Gasteiger partial charge in [-0.05, 0) is 34.5 Å². The van der Waals surface area contributed by atoms with E-state index in [1.807, 2.05) is 12.1 Å². The second kappa shape index (κ2) is 7.69. The zero-order valence-electron chi connectivity index (χ0n) is 9.21. The Morgan fingerprint density at radius 2 is 2.07 bits per heavy atom. The maximum atomic E-state index is 5.56. The summed E-state index contributed by atoms with van der Waals surface area (Å²) >= 11 is 3.40. The predicted molar refractivity (Wildman–Crippen MR) is 66.2 cm³/mol. The summed E-state index contributed by atoms with van der Waals surface area (Å²) in [5.74, 6) is 0.702. The minimum absolute atomic E-state index is 0.702. The summed E-state index contributed by atoms with van der Waals surface area (Å²) in [5, 5.41) is 0. The molecule has 1 aromatic heterocycles. The van der Waals surface area contributed by atoms with Crippen molar-refractivity contribution in [3.63, 3.8) is 0 Å². The van der Waals surface area contributed by atoms with Crippen LogP contribution in [0.5, 0.6) is 5.88 Å². The van der Waals surface area contributed by atoms with Gasteiger partial charge in [0.25, 0.3) is 0 Å². The van der Waals surface area contributed by atoms with E-state index in [4.69, 9.17) is 4.74 Å². The lowest BCUT2D eigenvalue weighted by Crippen LogP contribution is -1.99. The Balaban J connectivity index is 2.12. The van der Waals surface area contributed by atoms with Crippen molar-refractivity contribution in [3.8, 4) is 5.88 Å². The Morgan fingerprint density at radius 3 is 2.80 bits per heavy atom. The molecule has 0 radical (unpaired) electrons. The van der Waals surface area contributed by atoms with E-state index in [1.54, 1.807) is 6.20 Å². The van der Waals surface area contributed by atoms with Crippen molar-refractivity contribution < 1.29 is 4.74 Å². The number of rotatable bonds is 7. The number of aromatic nitrogens is 1. The topological polar surface area (TPSA) is 22.1 Å². The van der Waals surface area contributed by atoms with Crippen molar-refractivity contribution in [2.45, 2.75) is 39.0 Å². The first-order valence-corrected chi connectivity index (χ1v) is 6.37. The average molecular weight is 272 g/mol. The lowest BCUT2D eigenvalue weighted by atomic mass is 10.2. The largest absolute Gasteiger partial charge is 0.477 e. The maximum Gasteiger partial charge on any atom is 0.227 e. The minimum atomic E-state index is 0.702. The van der Waals surface area contributed by atoms with E-state index in [0.717, 1.165) is 17.5 Å². The van der Waals surface area contributed by atoms with Crippen LogP contribution in [0.15, 0.2) is 22.8 Å². The first-order valence-electron chi connectivity index (χ1n) is 5.58. The minimum Gasteiger partial charge on any atom is -0.477 e. The van der Waals surface area contributed by atoms with Crippen LogP contribution in [-0.4, -0.2) is 11.6 Å². The molecule has 84 valence electrons. The smallest absolute Gasteiger partial charge is 0.227 e. The van der Waals surface area contributed by atoms with E-state index in [1.165, 1.54) is 25.7 Å². The highest BCUT2D eigenvalue weighted by atomic mass is 79.9. The lowest BCUT2D eigenvalue weighted by molar-refractivity contribution is 0.291. The number of nitrogens with zero attached hydrogens (tertiary/aromatic N) is 1. The van der Waals surface area contributed by atoms with Gasteiger partial charge in [-0.2, -0.15) is 0 Å². The molecular weight excluding hydrogens is 254 g/mol. The quantitative estimate of drug-likeness (QED) is 0.694. The van der Waals surface area contributed by atoms with Gasteiger partial charge in [0.15, 0.2) is 0 Å². The maximum absolute atomic E-state index is 5.56. The second-order valence-corrected chi connectivity index (χ2v) is 4.41. The molecule has 3 heteroatoms. The lowest BCUT2D eigenvalue weighted by Gasteiger charge is -2.06. The standard InChI is InChI=1S/C12H18BrNO/c1-2-3-4-5-6-10-15-12-11(13)8-7-9-14-12/h7-9H,2-6,10H2,1H3. The van der Waals surface area contributed by atoms with Crippen LogP contribution >= 0.6 is 15.9 Å². The van der Waals surface area contributed by atoms with Crippen LogP contribution in [0, 0.1) is 0 Å². The summed E-state index contributed by atoms with van der Waals surface area (Å²) in [4.78, 5) is 4.14. The third-order valence-electron chi connectivity index (χ3n) is 2.21. The number of hydrogen-bond donors (Lipinski definition) is 0. The molecule has 1 aromatic rings. The van der Waals surface area contributed by atoms with Crippen LogP contribution in [0.25, 0.3) is 0 Å². The number of hydrogen-bond acceptors (Lipinski definition) is 2. The monoisotopic (exact) mass is 271 g/mol. The van der Waals surface area contributed by atoms with Gasteiger partial charge in [0.2, 0.25) is 5.88 Å². The molecule has 0 aliphatic rings. The molecule has 2 nitrogen and oxygen atoms in total. The van der Waals surface area contributed by atoms with Gasteiger partial charge in [-0.15, -0.1) is 0 Å². The number of unbranched alkanes of at least 4 members (excludes halogenated alkanes) is 4. The van der Waals surface area contributed by atoms with Crippen LogP contribution in [0.1, 0.15) is 39.0 Å². The van der Waals surface area contributed by atoms with Gasteiger partial charge in [-0.1, -0.05) is 32.6 Å². The number of halogens is 1. The van der Waals surface area contributed by atoms with Crippen molar-refractivity contribution >= 4 is 15.9 Å². The van der Waals surface area contributed by atoms with E-state index >= 15 is 0 Å². The first kappa shape index (κ1) is 12.5. The first-order chi connectivity index (χ1) is 7.34. The van der Waals surface area contributed by atoms with Gasteiger partial charge in [0.1, 0.15) is 0 Å². The van der Waals surface area contributed by atoms with Gasteiger partial charge in [-0.3, -0.25) is 0 Å². The molecule has 0 saturated carbocycles. The van der Waals surface area contributed by atoms with Gasteiger partial charge >= 0.3 is 0 Å². The fraction of sp³-hybridized carbons (Fsp3) is 0.583. The van der Waals surface area contributed by atoms with Crippen LogP contribution in [0.3, 0.4) is 0 Å². The molecule has 0 fully saturated rings. The highest BCUT2D eigenvalue weighted by molar-refractivity contribution is 9.10. The molecule has 1 heterocycles. The summed E-state index contributed by atoms with van der Waals surface area (Å²) in [6.45, 7) is 2.99. The molecule has 0 atom stereocenters. The highest BCUT2D eigenvalue weighted by Crippen LogP contribution is 2.20. The SMILES string of the molecule is CCCCCCCOc1ncccc1Br. The van der Waals surface area contributed by atoms with Crippen molar-refractivity contribution in [2.24, 2.45) is 0 Å². The van der Waals surface area contributed by atoms with Gasteiger partial charge in [-0.25, -0.2) is 4.98 Å². The zero-order valence-corrected chi connectivity index (χ0v) is 10.8. The van der Waals surface area contributed by atoms with E-state index in [0.29, 0.717) is 5.88 Å². The molecule has 0 N–H and O–H groups in total. The van der Waals surface area contributed by atoms with Crippen molar-refractivity contribution in [2.75, 3.05) is 6.61 Å². The molecule has 1 rings (SSSR count). The number of ether oxygens (including phenoxy) is 1. The molecule has 0 aliphatic carbocycles. The summed E-state index contributed by atoms with van der Waals surface area (Å²) in [5.41, 5.74) is 0. The zero-order chi connectivity index (χ0) is 10.9. The third kappa shape index (κ3) is 5.17. The molecule has 0 spiro atoms. The Morgan fingerprint density at radius 1 is 1.27 bits per heavy atom. The molecule has 0 aliphatic heterocycles. The normalized spacial score (nSPS) is 10.3. The van der Waals surface area contributed by atoms with E-state index in [9.17, 15) is 0 Å². The fourth-order valence-electron chi connectivity index (χ4n) is 1.35. The third-order valence-corrected chi connectivity index (χ3v) is 2.81. The molecule has 0 aromatic carbocycles. The second-order valence-electron chi connectivity index (χ2n) is 3.55. The van der Waals surface area contributed by atoms with Crippen molar-refractivity contribution in [3.05, 3.63) is 22.8 Å². The van der Waals surface area contributed by atoms with Crippen LogP contribution in [0.4, 0.5) is 0 Å². The molecule has 0 unspecified atom stereocenters. The average Bonchev–Trinajstić information content (AvgIpc) is 2.25. The van der Waals surface area contributed by atoms with Gasteiger partial charge in [0.05, 0.1) is 11.1 Å². The van der Waals surface area contributed by atoms with Gasteiger partial charge in [0, 0.05) is 6.20 Å². The Labute approximate surface area is 100 Å². The number of pyridine rings is 1. The molecule has 0 amide bonds. The summed E-state index contributed by atoms with van der Waals surface area (Å²) < 4.78 is 6.49. The van der Waals surface area contributed by atoms with Crippen LogP contribution < -0.4 is 4.74 Å². The Hall–Kier alpha value is -0.570. The molecule has 15 heavy (non-hydrogen) atoms. The molecular formula is C12H18BrNO. The Kier molecular flexibility index (Phi) is 6.41. The van der Waals surface area contributed by atoms with Crippen LogP contribution in [-0.2, 0) is 0 Å². The summed E-state index contributed by atoms with van der Waals surface area (Å²) in [6, 6.07) is 3.83. The van der Waals surface area contributed by atoms with E-state index < -0.39 is 0 Å². The molecule has 0 bridgehead atoms. The van der Waals surface area contributed by atoms with E-state index in [2.05, 4.69) is 27.8 Å². The Bertz CT molecular complexity index is 278. The van der Waals surface area contributed by atoms with Crippen LogP contribution in [0.2, 0.25) is 0 Å². The van der Waals surface area contributed by atoms with Crippen molar-refractivity contribution in [1.29, 1.82) is 0 Å². The predicted octanol–water partition coefficient (Wildman–Crippen LogP) is 4.19. The summed E-state index contributed by atoms with van der Waals surface area (Å²) in [6.07, 6.45) is 8.03. The fourth-order valence-corrected chi connectivity index (χ4v) is 1.72. The molecule has 0 saturated heterocycles. The van der Waals surface area contributed by atoms with E-state index in [-0.39, 0.29) is 0 Å².